The highest BCUT2D eigenvalue weighted by molar-refractivity contribution is 6.76. The van der Waals surface area contributed by atoms with Gasteiger partial charge in [0.05, 0.1) is 16.7 Å². The lowest BCUT2D eigenvalue weighted by atomic mass is 10.1. The van der Waals surface area contributed by atoms with Crippen LogP contribution in [0.15, 0.2) is 18.3 Å². The average molecular weight is 307 g/mol. The van der Waals surface area contributed by atoms with E-state index in [9.17, 15) is 0 Å². The van der Waals surface area contributed by atoms with Crippen LogP contribution in [-0.4, -0.2) is 24.5 Å². The van der Waals surface area contributed by atoms with Crippen molar-refractivity contribution in [2.75, 3.05) is 6.61 Å². The molecular formula is C15H19ClN2OSi. The second-order valence-electron chi connectivity index (χ2n) is 5.99. The maximum Gasteiger partial charge on any atom is 0.140 e. The van der Waals surface area contributed by atoms with Crippen molar-refractivity contribution in [3.8, 4) is 12.3 Å². The minimum atomic E-state index is -1.07. The molecule has 0 saturated carbocycles. The summed E-state index contributed by atoms with van der Waals surface area (Å²) in [5, 5.41) is 5.86. The van der Waals surface area contributed by atoms with Gasteiger partial charge in [-0.3, -0.25) is 0 Å². The normalized spacial score (nSPS) is 11.8. The van der Waals surface area contributed by atoms with Crippen LogP contribution in [0.3, 0.4) is 0 Å². The third kappa shape index (κ3) is 3.43. The molecule has 0 aliphatic heterocycles. The maximum atomic E-state index is 6.24. The zero-order valence-electron chi connectivity index (χ0n) is 12.1. The van der Waals surface area contributed by atoms with E-state index in [2.05, 4.69) is 30.7 Å². The summed E-state index contributed by atoms with van der Waals surface area (Å²) >= 11 is 6.24. The first-order valence-corrected chi connectivity index (χ1v) is 10.7. The summed E-state index contributed by atoms with van der Waals surface area (Å²) in [7, 11) is -1.07. The first-order valence-electron chi connectivity index (χ1n) is 6.61. The highest BCUT2D eigenvalue weighted by Crippen LogP contribution is 2.26. The molecule has 0 fully saturated rings. The molecule has 1 aromatic heterocycles. The second kappa shape index (κ2) is 6.00. The molecule has 3 nitrogen and oxygen atoms in total. The fourth-order valence-corrected chi connectivity index (χ4v) is 2.93. The lowest BCUT2D eigenvalue weighted by molar-refractivity contribution is 0.0817. The van der Waals surface area contributed by atoms with Crippen LogP contribution in [0.25, 0.3) is 10.9 Å². The van der Waals surface area contributed by atoms with Gasteiger partial charge in [-0.25, -0.2) is 4.68 Å². The van der Waals surface area contributed by atoms with Gasteiger partial charge in [0, 0.05) is 25.6 Å². The second-order valence-corrected chi connectivity index (χ2v) is 12.0. The number of aromatic nitrogens is 2. The number of nitrogens with zero attached hydrogens (tertiary/aromatic N) is 2. The Bertz CT molecular complexity index is 652. The van der Waals surface area contributed by atoms with Gasteiger partial charge in [-0.15, -0.1) is 6.42 Å². The summed E-state index contributed by atoms with van der Waals surface area (Å²) in [6, 6.07) is 4.78. The van der Waals surface area contributed by atoms with Crippen molar-refractivity contribution in [3.63, 3.8) is 0 Å². The van der Waals surface area contributed by atoms with E-state index in [4.69, 9.17) is 22.8 Å². The smallest absolute Gasteiger partial charge is 0.140 e. The van der Waals surface area contributed by atoms with E-state index in [-0.39, 0.29) is 0 Å². The van der Waals surface area contributed by atoms with Crippen molar-refractivity contribution in [2.45, 2.75) is 32.4 Å². The minimum Gasteiger partial charge on any atom is -0.360 e. The molecule has 0 aliphatic carbocycles. The summed E-state index contributed by atoms with van der Waals surface area (Å²) in [5.74, 6) is 2.65. The molecular weight excluding hydrogens is 288 g/mol. The summed E-state index contributed by atoms with van der Waals surface area (Å²) in [6.07, 6.45) is 7.24. The van der Waals surface area contributed by atoms with E-state index in [1.54, 1.807) is 16.9 Å². The van der Waals surface area contributed by atoms with Crippen molar-refractivity contribution in [1.82, 2.24) is 9.78 Å². The number of fused-ring (bicyclic) bond motifs is 1. The van der Waals surface area contributed by atoms with Crippen molar-refractivity contribution in [2.24, 2.45) is 0 Å². The highest BCUT2D eigenvalue weighted by Gasteiger charge is 2.13. The van der Waals surface area contributed by atoms with E-state index >= 15 is 0 Å². The number of hydrogen-bond acceptors (Lipinski definition) is 2. The van der Waals surface area contributed by atoms with Gasteiger partial charge < -0.3 is 4.74 Å². The standard InChI is InChI=1S/C15H19ClN2OSi/c1-5-12-6-7-14(16)15-13(12)10-17-18(15)11-19-8-9-20(2,3)4/h1,6-7,10H,8-9,11H2,2-4H3. The summed E-state index contributed by atoms with van der Waals surface area (Å²) in [5.41, 5.74) is 1.65. The molecule has 5 heteroatoms. The predicted molar refractivity (Wildman–Crippen MR) is 86.8 cm³/mol. The quantitative estimate of drug-likeness (QED) is 0.474. The van der Waals surface area contributed by atoms with Crippen molar-refractivity contribution in [1.29, 1.82) is 0 Å². The molecule has 0 amide bonds. The van der Waals surface area contributed by atoms with Gasteiger partial charge in [0.25, 0.3) is 0 Å². The third-order valence-corrected chi connectivity index (χ3v) is 5.13. The zero-order valence-corrected chi connectivity index (χ0v) is 13.9. The number of rotatable bonds is 5. The molecule has 0 spiro atoms. The first kappa shape index (κ1) is 15.1. The number of halogens is 1. The molecule has 0 bridgehead atoms. The average Bonchev–Trinajstić information content (AvgIpc) is 2.79. The van der Waals surface area contributed by atoms with Gasteiger partial charge in [-0.05, 0) is 18.2 Å². The van der Waals surface area contributed by atoms with Crippen LogP contribution in [0.5, 0.6) is 0 Å². The fraction of sp³-hybridized carbons (Fsp3) is 0.400. The van der Waals surface area contributed by atoms with E-state index in [1.165, 1.54) is 0 Å². The Balaban J connectivity index is 2.14. The molecule has 0 atom stereocenters. The molecule has 0 saturated heterocycles. The molecule has 1 aromatic carbocycles. The third-order valence-electron chi connectivity index (χ3n) is 3.12. The molecule has 1 heterocycles. The van der Waals surface area contributed by atoms with Crippen LogP contribution in [0, 0.1) is 12.3 Å². The lowest BCUT2D eigenvalue weighted by Gasteiger charge is -2.15. The molecule has 2 rings (SSSR count). The monoisotopic (exact) mass is 306 g/mol. The molecule has 0 aliphatic rings. The van der Waals surface area contributed by atoms with Crippen molar-refractivity contribution in [3.05, 3.63) is 28.9 Å². The number of terminal acetylenes is 1. The predicted octanol–water partition coefficient (Wildman–Crippen LogP) is 3.98. The largest absolute Gasteiger partial charge is 0.360 e. The molecule has 2 aromatic rings. The minimum absolute atomic E-state index is 0.404. The Morgan fingerprint density at radius 2 is 2.15 bits per heavy atom. The van der Waals surface area contributed by atoms with Gasteiger partial charge in [0.1, 0.15) is 6.73 Å². The van der Waals surface area contributed by atoms with Crippen LogP contribution >= 0.6 is 11.6 Å². The van der Waals surface area contributed by atoms with Crippen LogP contribution < -0.4 is 0 Å². The molecule has 0 radical (unpaired) electrons. The van der Waals surface area contributed by atoms with Gasteiger partial charge in [-0.1, -0.05) is 37.2 Å². The Labute approximate surface area is 125 Å². The first-order chi connectivity index (χ1) is 9.42. The van der Waals surface area contributed by atoms with Crippen molar-refractivity contribution >= 4 is 30.6 Å². The van der Waals surface area contributed by atoms with E-state index in [1.807, 2.05) is 6.07 Å². The number of ether oxygens (including phenoxy) is 1. The van der Waals surface area contributed by atoms with Crippen LogP contribution in [0.1, 0.15) is 5.56 Å². The van der Waals surface area contributed by atoms with Crippen LogP contribution in [0.2, 0.25) is 30.7 Å². The Morgan fingerprint density at radius 3 is 2.80 bits per heavy atom. The zero-order chi connectivity index (χ0) is 14.8. The summed E-state index contributed by atoms with van der Waals surface area (Å²) < 4.78 is 7.48. The van der Waals surface area contributed by atoms with Gasteiger partial charge in [0.15, 0.2) is 0 Å². The van der Waals surface area contributed by atoms with Gasteiger partial charge in [0.2, 0.25) is 0 Å². The van der Waals surface area contributed by atoms with E-state index in [0.717, 1.165) is 29.1 Å². The van der Waals surface area contributed by atoms with Gasteiger partial charge >= 0.3 is 0 Å². The molecule has 20 heavy (non-hydrogen) atoms. The molecule has 0 unspecified atom stereocenters. The molecule has 106 valence electrons. The van der Waals surface area contributed by atoms with E-state index in [0.29, 0.717) is 11.8 Å². The fourth-order valence-electron chi connectivity index (χ4n) is 1.91. The highest BCUT2D eigenvalue weighted by atomic mass is 35.5. The SMILES string of the molecule is C#Cc1ccc(Cl)c2c1cnn2COCC[Si](C)(C)C. The Hall–Kier alpha value is -1.28. The van der Waals surface area contributed by atoms with Crippen LogP contribution in [0.4, 0.5) is 0 Å². The summed E-state index contributed by atoms with van der Waals surface area (Å²) in [4.78, 5) is 0. The van der Waals surface area contributed by atoms with Crippen molar-refractivity contribution < 1.29 is 4.74 Å². The number of hydrogen-bond donors (Lipinski definition) is 0. The number of benzene rings is 1. The Morgan fingerprint density at radius 1 is 1.40 bits per heavy atom. The summed E-state index contributed by atoms with van der Waals surface area (Å²) in [6.45, 7) is 8.15. The molecule has 0 N–H and O–H groups in total. The van der Waals surface area contributed by atoms with E-state index < -0.39 is 8.07 Å². The topological polar surface area (TPSA) is 27.1 Å². The van der Waals surface area contributed by atoms with Crippen LogP contribution in [-0.2, 0) is 11.5 Å². The Kier molecular flexibility index (Phi) is 4.54. The lowest BCUT2D eigenvalue weighted by Crippen LogP contribution is -2.22. The van der Waals surface area contributed by atoms with Gasteiger partial charge in [-0.2, -0.15) is 5.10 Å². The maximum absolute atomic E-state index is 6.24.